The number of hydrogen-bond acceptors (Lipinski definition) is 4. The molecule has 7 heteroatoms. The van der Waals surface area contributed by atoms with Crippen LogP contribution in [-0.4, -0.2) is 53.1 Å². The number of benzene rings is 3. The van der Waals surface area contributed by atoms with E-state index in [1.807, 2.05) is 48.6 Å². The average Bonchev–Trinajstić information content (AvgIpc) is 3.51. The highest BCUT2D eigenvalue weighted by atomic mass is 16.2. The van der Waals surface area contributed by atoms with Crippen LogP contribution in [0.4, 0.5) is 0 Å². The van der Waals surface area contributed by atoms with Crippen LogP contribution in [0.1, 0.15) is 33.9 Å². The lowest BCUT2D eigenvalue weighted by molar-refractivity contribution is -0.124. The smallest absolute Gasteiger partial charge is 0.247 e. The van der Waals surface area contributed by atoms with Gasteiger partial charge in [0.25, 0.3) is 0 Å². The fraction of sp³-hybridized carbons (Fsp3) is 0.194. The summed E-state index contributed by atoms with van der Waals surface area (Å²) in [6.07, 6.45) is 6.04. The maximum absolute atomic E-state index is 12.6. The Bertz CT molecular complexity index is 1540. The molecule has 0 bridgehead atoms. The maximum atomic E-state index is 12.6. The monoisotopic (exact) mass is 503 g/mol. The van der Waals surface area contributed by atoms with Gasteiger partial charge in [-0.1, -0.05) is 66.7 Å². The second-order valence-electron chi connectivity index (χ2n) is 9.82. The van der Waals surface area contributed by atoms with Gasteiger partial charge >= 0.3 is 0 Å². The summed E-state index contributed by atoms with van der Waals surface area (Å²) in [6.45, 7) is 3.42. The molecule has 0 spiro atoms. The number of aromatic nitrogens is 2. The van der Waals surface area contributed by atoms with E-state index in [-0.39, 0.29) is 17.7 Å². The number of amides is 2. The third-order valence-electron chi connectivity index (χ3n) is 7.18. The summed E-state index contributed by atoms with van der Waals surface area (Å²) < 4.78 is 0. The van der Waals surface area contributed by atoms with Gasteiger partial charge in [0.15, 0.2) is 0 Å². The van der Waals surface area contributed by atoms with Crippen molar-refractivity contribution in [3.8, 4) is 0 Å². The van der Waals surface area contributed by atoms with Crippen LogP contribution < -0.4 is 10.6 Å². The molecule has 0 saturated carbocycles. The lowest BCUT2D eigenvalue weighted by Crippen LogP contribution is -2.47. The van der Waals surface area contributed by atoms with Crippen molar-refractivity contribution < 1.29 is 9.59 Å². The summed E-state index contributed by atoms with van der Waals surface area (Å²) in [5.74, 6) is 0.122. The Balaban J connectivity index is 1.17. The largest absolute Gasteiger partial charge is 0.354 e. The van der Waals surface area contributed by atoms with Crippen LogP contribution in [0.25, 0.3) is 29.1 Å². The van der Waals surface area contributed by atoms with Gasteiger partial charge in [0.1, 0.15) is 0 Å². The molecule has 190 valence electrons. The first kappa shape index (κ1) is 23.9. The lowest BCUT2D eigenvalue weighted by Gasteiger charge is -2.26. The summed E-state index contributed by atoms with van der Waals surface area (Å²) in [7, 11) is 0. The van der Waals surface area contributed by atoms with E-state index in [4.69, 9.17) is 0 Å². The summed E-state index contributed by atoms with van der Waals surface area (Å²) in [6, 6.07) is 24.6. The number of carbonyl (C=O) groups excluding carboxylic acids is 2. The Hall–Kier alpha value is -4.49. The van der Waals surface area contributed by atoms with Gasteiger partial charge in [-0.2, -0.15) is 5.10 Å². The molecule has 6 rings (SSSR count). The predicted molar refractivity (Wildman–Crippen MR) is 150 cm³/mol. The third-order valence-corrected chi connectivity index (χ3v) is 7.18. The zero-order valence-electron chi connectivity index (χ0n) is 21.0. The molecule has 38 heavy (non-hydrogen) atoms. The Morgan fingerprint density at radius 3 is 2.55 bits per heavy atom. The predicted octanol–water partition coefficient (Wildman–Crippen LogP) is 3.96. The molecule has 2 amide bonds. The normalized spacial score (nSPS) is 19.4. The van der Waals surface area contributed by atoms with Crippen molar-refractivity contribution in [2.75, 3.05) is 26.2 Å². The van der Waals surface area contributed by atoms with E-state index in [2.05, 4.69) is 68.2 Å². The number of fused-ring (bicyclic) bond motifs is 1. The molecular weight excluding hydrogens is 474 g/mol. The van der Waals surface area contributed by atoms with E-state index in [9.17, 15) is 9.59 Å². The number of H-pyrrole nitrogens is 1. The molecule has 2 saturated heterocycles. The summed E-state index contributed by atoms with van der Waals surface area (Å²) in [5, 5.41) is 14.5. The van der Waals surface area contributed by atoms with Crippen LogP contribution >= 0.6 is 0 Å². The minimum Gasteiger partial charge on any atom is -0.354 e. The average molecular weight is 504 g/mol. The van der Waals surface area contributed by atoms with E-state index >= 15 is 0 Å². The van der Waals surface area contributed by atoms with Crippen molar-refractivity contribution >= 4 is 40.9 Å². The van der Waals surface area contributed by atoms with Gasteiger partial charge in [0, 0.05) is 43.1 Å². The number of hydrogen-bond donors (Lipinski definition) is 3. The zero-order valence-corrected chi connectivity index (χ0v) is 21.0. The Labute approximate surface area is 221 Å². The molecule has 7 nitrogen and oxygen atoms in total. The number of rotatable bonds is 6. The number of piperazine rings is 1. The molecule has 1 atom stereocenters. The van der Waals surface area contributed by atoms with Gasteiger partial charge in [-0.3, -0.25) is 19.6 Å². The van der Waals surface area contributed by atoms with Crippen molar-refractivity contribution in [1.29, 1.82) is 0 Å². The van der Waals surface area contributed by atoms with E-state index in [0.717, 1.165) is 51.9 Å². The highest BCUT2D eigenvalue weighted by Crippen LogP contribution is 2.30. The number of nitrogens with zero attached hydrogens (tertiary/aromatic N) is 2. The highest BCUT2D eigenvalue weighted by Gasteiger charge is 2.29. The van der Waals surface area contributed by atoms with Crippen LogP contribution in [0.3, 0.4) is 0 Å². The standard InChI is InChI=1S/C31H29N5O2/c37-30-20-36(15-14-32-30)19-22-8-6-21(7-9-22)11-13-28-25-12-10-23(17-29(25)35-34-28)16-26-27(18-33-31(26)38)24-4-2-1-3-5-24/h1-13,16-17,27H,14-15,18-20H2,(H,32,37)(H,33,38)(H,34,35)/b13-11+,26-16+. The van der Waals surface area contributed by atoms with Crippen molar-refractivity contribution in [1.82, 2.24) is 25.7 Å². The molecular formula is C31H29N5O2. The summed E-state index contributed by atoms with van der Waals surface area (Å²) >= 11 is 0. The van der Waals surface area contributed by atoms with Gasteiger partial charge in [-0.15, -0.1) is 0 Å². The zero-order chi connectivity index (χ0) is 25.9. The van der Waals surface area contributed by atoms with Gasteiger partial charge in [0.05, 0.1) is 17.8 Å². The van der Waals surface area contributed by atoms with Gasteiger partial charge in [-0.05, 0) is 46.5 Å². The Kier molecular flexibility index (Phi) is 6.58. The molecule has 1 unspecified atom stereocenters. The minimum absolute atomic E-state index is 0.0142. The topological polar surface area (TPSA) is 90.1 Å². The molecule has 2 fully saturated rings. The summed E-state index contributed by atoms with van der Waals surface area (Å²) in [5.41, 5.74) is 6.95. The molecule has 3 aromatic carbocycles. The number of nitrogens with one attached hydrogen (secondary N) is 3. The quantitative estimate of drug-likeness (QED) is 0.348. The molecule has 4 aromatic rings. The Morgan fingerprint density at radius 2 is 1.74 bits per heavy atom. The van der Waals surface area contributed by atoms with Crippen LogP contribution in [0.15, 0.2) is 78.4 Å². The fourth-order valence-electron chi connectivity index (χ4n) is 5.16. The van der Waals surface area contributed by atoms with E-state index in [0.29, 0.717) is 19.6 Å². The second kappa shape index (κ2) is 10.5. The van der Waals surface area contributed by atoms with Crippen molar-refractivity contribution in [3.05, 3.63) is 106 Å². The van der Waals surface area contributed by atoms with Crippen LogP contribution in [-0.2, 0) is 16.1 Å². The van der Waals surface area contributed by atoms with Gasteiger partial charge in [0.2, 0.25) is 11.8 Å². The first-order valence-corrected chi connectivity index (χ1v) is 12.9. The van der Waals surface area contributed by atoms with E-state index in [1.54, 1.807) is 0 Å². The first-order valence-electron chi connectivity index (χ1n) is 12.9. The number of aromatic amines is 1. The van der Waals surface area contributed by atoms with Gasteiger partial charge in [-0.25, -0.2) is 0 Å². The fourth-order valence-corrected chi connectivity index (χ4v) is 5.16. The van der Waals surface area contributed by atoms with Crippen LogP contribution in [0.5, 0.6) is 0 Å². The van der Waals surface area contributed by atoms with Gasteiger partial charge < -0.3 is 10.6 Å². The van der Waals surface area contributed by atoms with Crippen LogP contribution in [0, 0.1) is 0 Å². The molecule has 0 aliphatic carbocycles. The molecule has 1 aromatic heterocycles. The number of carbonyl (C=O) groups is 2. The lowest BCUT2D eigenvalue weighted by atomic mass is 9.92. The highest BCUT2D eigenvalue weighted by molar-refractivity contribution is 6.02. The molecule has 2 aliphatic heterocycles. The van der Waals surface area contributed by atoms with E-state index in [1.165, 1.54) is 5.56 Å². The maximum Gasteiger partial charge on any atom is 0.247 e. The first-order chi connectivity index (χ1) is 18.6. The van der Waals surface area contributed by atoms with Crippen molar-refractivity contribution in [2.45, 2.75) is 12.5 Å². The molecule has 3 heterocycles. The SMILES string of the molecule is O=C1CN(Cc2ccc(/C=C/c3n[nH]c4cc(/C=C5/C(=O)NCC5c5ccccc5)ccc34)cc2)CCN1. The van der Waals surface area contributed by atoms with E-state index < -0.39 is 0 Å². The molecule has 0 radical (unpaired) electrons. The third kappa shape index (κ3) is 5.14. The molecule has 2 aliphatic rings. The summed E-state index contributed by atoms with van der Waals surface area (Å²) in [4.78, 5) is 26.3. The van der Waals surface area contributed by atoms with Crippen molar-refractivity contribution in [3.63, 3.8) is 0 Å². The second-order valence-corrected chi connectivity index (χ2v) is 9.82. The Morgan fingerprint density at radius 1 is 0.921 bits per heavy atom. The van der Waals surface area contributed by atoms with Crippen LogP contribution in [0.2, 0.25) is 0 Å². The van der Waals surface area contributed by atoms with Crippen molar-refractivity contribution in [2.24, 2.45) is 0 Å². The molecule has 3 N–H and O–H groups in total. The minimum atomic E-state index is -0.0142.